The van der Waals surface area contributed by atoms with Gasteiger partial charge in [0.15, 0.2) is 0 Å². The van der Waals surface area contributed by atoms with E-state index >= 15 is 0 Å². The Morgan fingerprint density at radius 3 is 2.75 bits per heavy atom. The van der Waals surface area contributed by atoms with E-state index in [2.05, 4.69) is 28.7 Å². The van der Waals surface area contributed by atoms with E-state index in [0.29, 0.717) is 5.69 Å². The molecule has 0 bridgehead atoms. The molecule has 0 aliphatic heterocycles. The molecule has 28 heavy (non-hydrogen) atoms. The average Bonchev–Trinajstić information content (AvgIpc) is 3.23. The van der Waals surface area contributed by atoms with Gasteiger partial charge in [-0.25, -0.2) is 4.98 Å². The summed E-state index contributed by atoms with van der Waals surface area (Å²) in [5.41, 5.74) is 2.48. The summed E-state index contributed by atoms with van der Waals surface area (Å²) in [6.45, 7) is 4.26. The number of aromatic nitrogens is 1. The number of ether oxygens (including phenoxy) is 1. The molecule has 1 aromatic heterocycles. The fourth-order valence-electron chi connectivity index (χ4n) is 2.50. The second kappa shape index (κ2) is 10.1. The number of nitrogens with zero attached hydrogens (tertiary/aromatic N) is 1. The lowest BCUT2D eigenvalue weighted by molar-refractivity contribution is 0.0954. The lowest BCUT2D eigenvalue weighted by atomic mass is 10.1. The van der Waals surface area contributed by atoms with E-state index in [1.807, 2.05) is 60.7 Å². The normalized spacial score (nSPS) is 9.86. The van der Waals surface area contributed by atoms with Crippen LogP contribution in [0.15, 0.2) is 72.6 Å². The van der Waals surface area contributed by atoms with Crippen LogP contribution in [-0.4, -0.2) is 24.0 Å². The third-order valence-electron chi connectivity index (χ3n) is 3.86. The summed E-state index contributed by atoms with van der Waals surface area (Å²) in [5, 5.41) is 5.33. The van der Waals surface area contributed by atoms with Crippen molar-refractivity contribution >= 4 is 17.2 Å². The highest BCUT2D eigenvalue weighted by Crippen LogP contribution is 2.23. The highest BCUT2D eigenvalue weighted by molar-refractivity contribution is 7.13. The number of carbonyl (C=O) groups excluding carboxylic acids is 1. The van der Waals surface area contributed by atoms with Crippen molar-refractivity contribution in [2.24, 2.45) is 0 Å². The maximum atomic E-state index is 12.2. The van der Waals surface area contributed by atoms with Crippen LogP contribution in [0.2, 0.25) is 0 Å². The number of hydrogen-bond acceptors (Lipinski definition) is 4. The van der Waals surface area contributed by atoms with Gasteiger partial charge in [0.1, 0.15) is 23.1 Å². The van der Waals surface area contributed by atoms with Crippen molar-refractivity contribution in [1.82, 2.24) is 10.3 Å². The van der Waals surface area contributed by atoms with E-state index in [0.717, 1.165) is 28.3 Å². The van der Waals surface area contributed by atoms with Gasteiger partial charge in [-0.3, -0.25) is 4.79 Å². The molecule has 0 atom stereocenters. The van der Waals surface area contributed by atoms with E-state index in [-0.39, 0.29) is 19.1 Å². The topological polar surface area (TPSA) is 51.2 Å². The second-order valence-electron chi connectivity index (χ2n) is 5.83. The van der Waals surface area contributed by atoms with Crippen molar-refractivity contribution in [3.63, 3.8) is 0 Å². The van der Waals surface area contributed by atoms with E-state index < -0.39 is 0 Å². The first-order valence-corrected chi connectivity index (χ1v) is 9.72. The van der Waals surface area contributed by atoms with E-state index in [1.54, 1.807) is 5.38 Å². The summed E-state index contributed by atoms with van der Waals surface area (Å²) in [6, 6.07) is 17.6. The van der Waals surface area contributed by atoms with Crippen molar-refractivity contribution in [1.29, 1.82) is 0 Å². The predicted octanol–water partition coefficient (Wildman–Crippen LogP) is 4.35. The molecule has 0 aliphatic rings. The van der Waals surface area contributed by atoms with Crippen LogP contribution < -0.4 is 10.1 Å². The molecule has 0 unspecified atom stereocenters. The van der Waals surface area contributed by atoms with Crippen molar-refractivity contribution in [3.8, 4) is 28.2 Å². The maximum absolute atomic E-state index is 12.2. The molecule has 1 amide bonds. The lowest BCUT2D eigenvalue weighted by Crippen LogP contribution is -2.23. The molecule has 2 aromatic carbocycles. The van der Waals surface area contributed by atoms with Gasteiger partial charge in [-0.05, 0) is 18.1 Å². The molecule has 0 radical (unpaired) electrons. The molecule has 140 valence electrons. The Hall–Kier alpha value is -3.36. The summed E-state index contributed by atoms with van der Waals surface area (Å²) in [7, 11) is 0. The maximum Gasteiger partial charge on any atom is 0.271 e. The lowest BCUT2D eigenvalue weighted by Gasteiger charge is -2.07. The number of thiazole rings is 1. The number of rotatable bonds is 7. The van der Waals surface area contributed by atoms with Crippen molar-refractivity contribution in [2.75, 3.05) is 13.2 Å². The molecule has 3 rings (SSSR count). The fraction of sp³-hybridized carbons (Fsp3) is 0.130. The number of amides is 1. The minimum Gasteiger partial charge on any atom is -0.481 e. The minimum absolute atomic E-state index is 0.232. The van der Waals surface area contributed by atoms with Gasteiger partial charge < -0.3 is 10.1 Å². The Kier molecular flexibility index (Phi) is 7.00. The molecule has 4 nitrogen and oxygen atoms in total. The monoisotopic (exact) mass is 388 g/mol. The van der Waals surface area contributed by atoms with Gasteiger partial charge in [0.25, 0.3) is 5.91 Å². The minimum atomic E-state index is -0.232. The molecule has 3 aromatic rings. The van der Waals surface area contributed by atoms with Gasteiger partial charge >= 0.3 is 0 Å². The number of benzene rings is 2. The van der Waals surface area contributed by atoms with Gasteiger partial charge in [0.05, 0.1) is 6.54 Å². The molecule has 0 fully saturated rings. The van der Waals surface area contributed by atoms with Gasteiger partial charge in [0, 0.05) is 10.9 Å². The first-order valence-electron chi connectivity index (χ1n) is 8.84. The number of allylic oxidation sites excluding steroid dienone is 1. The Bertz CT molecular complexity index is 1000. The molecule has 5 heteroatoms. The summed E-state index contributed by atoms with van der Waals surface area (Å²) in [4.78, 5) is 16.6. The Labute approximate surface area is 168 Å². The summed E-state index contributed by atoms with van der Waals surface area (Å²) >= 11 is 1.45. The van der Waals surface area contributed by atoms with Crippen LogP contribution in [0.25, 0.3) is 10.6 Å². The highest BCUT2D eigenvalue weighted by Gasteiger charge is 2.10. The average molecular weight is 388 g/mol. The number of nitrogens with one attached hydrogen (secondary N) is 1. The summed E-state index contributed by atoms with van der Waals surface area (Å²) in [6.07, 6.45) is 2.59. The van der Waals surface area contributed by atoms with Crippen molar-refractivity contribution in [3.05, 3.63) is 83.9 Å². The van der Waals surface area contributed by atoms with Gasteiger partial charge in [-0.1, -0.05) is 66.4 Å². The summed E-state index contributed by atoms with van der Waals surface area (Å²) < 4.78 is 5.69. The van der Waals surface area contributed by atoms with Crippen LogP contribution in [0.1, 0.15) is 16.1 Å². The number of carbonyl (C=O) groups is 1. The SMILES string of the molecule is C=CCc1ccccc1OCC#CCNC(=O)c1csc(-c2ccccc2)n1. The smallest absolute Gasteiger partial charge is 0.271 e. The molecule has 1 heterocycles. The number of hydrogen-bond donors (Lipinski definition) is 1. The van der Waals surface area contributed by atoms with E-state index in [1.165, 1.54) is 11.3 Å². The highest BCUT2D eigenvalue weighted by atomic mass is 32.1. The third-order valence-corrected chi connectivity index (χ3v) is 4.75. The molecular formula is C23H20N2O2S. The molecule has 0 saturated heterocycles. The number of para-hydroxylation sites is 1. The van der Waals surface area contributed by atoms with Gasteiger partial charge in [-0.2, -0.15) is 0 Å². The fourth-order valence-corrected chi connectivity index (χ4v) is 3.31. The van der Waals surface area contributed by atoms with Crippen LogP contribution in [0.3, 0.4) is 0 Å². The first kappa shape index (κ1) is 19.4. The standard InChI is InChI=1S/C23H20N2O2S/c1-2-10-18-11-6-7-14-21(18)27-16-9-8-15-24-22(26)20-17-28-23(25-20)19-12-4-3-5-13-19/h2-7,11-14,17H,1,10,15-16H2,(H,24,26). The zero-order chi connectivity index (χ0) is 19.6. The molecule has 0 saturated carbocycles. The third kappa shape index (κ3) is 5.32. The van der Waals surface area contributed by atoms with Crippen LogP contribution in [0, 0.1) is 11.8 Å². The Morgan fingerprint density at radius 1 is 1.14 bits per heavy atom. The molecular weight excluding hydrogens is 368 g/mol. The van der Waals surface area contributed by atoms with Crippen LogP contribution in [-0.2, 0) is 6.42 Å². The van der Waals surface area contributed by atoms with Crippen molar-refractivity contribution in [2.45, 2.75) is 6.42 Å². The van der Waals surface area contributed by atoms with Crippen LogP contribution in [0.4, 0.5) is 0 Å². The summed E-state index contributed by atoms with van der Waals surface area (Å²) in [5.74, 6) is 6.38. The van der Waals surface area contributed by atoms with Crippen LogP contribution in [0.5, 0.6) is 5.75 Å². The Morgan fingerprint density at radius 2 is 1.93 bits per heavy atom. The second-order valence-corrected chi connectivity index (χ2v) is 6.69. The quantitative estimate of drug-likeness (QED) is 0.484. The zero-order valence-electron chi connectivity index (χ0n) is 15.4. The predicted molar refractivity (Wildman–Crippen MR) is 113 cm³/mol. The molecule has 0 aliphatic carbocycles. The van der Waals surface area contributed by atoms with Crippen molar-refractivity contribution < 1.29 is 9.53 Å². The Balaban J connectivity index is 1.47. The van der Waals surface area contributed by atoms with Gasteiger partial charge in [0.2, 0.25) is 0 Å². The van der Waals surface area contributed by atoms with E-state index in [4.69, 9.17) is 4.74 Å². The van der Waals surface area contributed by atoms with Crippen LogP contribution >= 0.6 is 11.3 Å². The van der Waals surface area contributed by atoms with Gasteiger partial charge in [-0.15, -0.1) is 17.9 Å². The first-order chi connectivity index (χ1) is 13.8. The molecule has 0 spiro atoms. The largest absolute Gasteiger partial charge is 0.481 e. The molecule has 1 N–H and O–H groups in total. The zero-order valence-corrected chi connectivity index (χ0v) is 16.2. The van der Waals surface area contributed by atoms with E-state index in [9.17, 15) is 4.79 Å².